The fourth-order valence-corrected chi connectivity index (χ4v) is 2.65. The molecule has 0 saturated carbocycles. The topological polar surface area (TPSA) is 45.4 Å². The summed E-state index contributed by atoms with van der Waals surface area (Å²) in [7, 11) is 0. The average molecular weight is 337 g/mol. The average Bonchev–Trinajstić information content (AvgIpc) is 2.86. The Hall–Kier alpha value is -1.40. The third-order valence-electron chi connectivity index (χ3n) is 3.47. The molecule has 0 radical (unpaired) electrons. The van der Waals surface area contributed by atoms with Crippen LogP contribution >= 0.6 is 15.9 Å². The smallest absolute Gasteiger partial charge is 0.133 e. The van der Waals surface area contributed by atoms with Crippen LogP contribution in [0.15, 0.2) is 33.4 Å². The molecule has 20 heavy (non-hydrogen) atoms. The molecule has 2 aromatic rings. The van der Waals surface area contributed by atoms with Crippen LogP contribution < -0.4 is 4.90 Å². The van der Waals surface area contributed by atoms with Gasteiger partial charge in [0.15, 0.2) is 0 Å². The molecule has 0 amide bonds. The molecule has 5 nitrogen and oxygen atoms in total. The first-order valence-corrected chi connectivity index (χ1v) is 7.51. The summed E-state index contributed by atoms with van der Waals surface area (Å²) in [5.74, 6) is 1.92. The molecule has 0 spiro atoms. The monoisotopic (exact) mass is 336 g/mol. The van der Waals surface area contributed by atoms with Gasteiger partial charge >= 0.3 is 0 Å². The van der Waals surface area contributed by atoms with Crippen LogP contribution in [0, 0.1) is 6.92 Å². The molecule has 1 fully saturated rings. The molecule has 0 aromatic carbocycles. The molecule has 1 aliphatic rings. The van der Waals surface area contributed by atoms with E-state index in [0.717, 1.165) is 54.5 Å². The van der Waals surface area contributed by atoms with Crippen molar-refractivity contribution in [2.24, 2.45) is 0 Å². The van der Waals surface area contributed by atoms with Crippen LogP contribution in [0.25, 0.3) is 0 Å². The molecule has 0 atom stereocenters. The van der Waals surface area contributed by atoms with Crippen molar-refractivity contribution in [1.82, 2.24) is 15.0 Å². The summed E-state index contributed by atoms with van der Waals surface area (Å²) in [5.41, 5.74) is 1.01. The van der Waals surface area contributed by atoms with Gasteiger partial charge in [-0.05, 0) is 35.0 Å². The summed E-state index contributed by atoms with van der Waals surface area (Å²) in [5, 5.41) is 4.05. The van der Waals surface area contributed by atoms with Gasteiger partial charge < -0.3 is 9.42 Å². The lowest BCUT2D eigenvalue weighted by molar-refractivity contribution is 0.241. The Morgan fingerprint density at radius 1 is 1.25 bits per heavy atom. The van der Waals surface area contributed by atoms with Crippen LogP contribution in [-0.2, 0) is 6.54 Å². The Kier molecular flexibility index (Phi) is 4.03. The molecule has 106 valence electrons. The SMILES string of the molecule is Cc1cc(CN2CCN(c3ccc(Br)cn3)CC2)no1. The van der Waals surface area contributed by atoms with Crippen LogP contribution in [-0.4, -0.2) is 41.2 Å². The van der Waals surface area contributed by atoms with Crippen molar-refractivity contribution in [3.05, 3.63) is 40.3 Å². The molecule has 1 aliphatic heterocycles. The zero-order valence-corrected chi connectivity index (χ0v) is 13.0. The first kappa shape index (κ1) is 13.6. The molecule has 2 aromatic heterocycles. The van der Waals surface area contributed by atoms with Crippen LogP contribution in [0.5, 0.6) is 0 Å². The van der Waals surface area contributed by atoms with Gasteiger partial charge in [0.05, 0.1) is 5.69 Å². The second kappa shape index (κ2) is 5.93. The van der Waals surface area contributed by atoms with Gasteiger partial charge in [-0.15, -0.1) is 0 Å². The van der Waals surface area contributed by atoms with Gasteiger partial charge in [0.2, 0.25) is 0 Å². The number of aromatic nitrogens is 2. The summed E-state index contributed by atoms with van der Waals surface area (Å²) < 4.78 is 6.12. The predicted molar refractivity (Wildman–Crippen MR) is 80.7 cm³/mol. The molecule has 6 heteroatoms. The quantitative estimate of drug-likeness (QED) is 0.861. The number of halogens is 1. The van der Waals surface area contributed by atoms with Crippen molar-refractivity contribution >= 4 is 21.7 Å². The number of hydrogen-bond acceptors (Lipinski definition) is 5. The van der Waals surface area contributed by atoms with Crippen molar-refractivity contribution in [3.63, 3.8) is 0 Å². The standard InChI is InChI=1S/C14H17BrN4O/c1-11-8-13(17-20-11)10-18-4-6-19(7-5-18)14-3-2-12(15)9-16-14/h2-3,8-9H,4-7,10H2,1H3. The number of piperazine rings is 1. The van der Waals surface area contributed by atoms with Crippen molar-refractivity contribution in [2.45, 2.75) is 13.5 Å². The summed E-state index contributed by atoms with van der Waals surface area (Å²) in [4.78, 5) is 9.16. The Morgan fingerprint density at radius 2 is 2.05 bits per heavy atom. The van der Waals surface area contributed by atoms with Crippen molar-refractivity contribution in [1.29, 1.82) is 0 Å². The molecule has 3 rings (SSSR count). The van der Waals surface area contributed by atoms with Crippen molar-refractivity contribution in [2.75, 3.05) is 31.1 Å². The van der Waals surface area contributed by atoms with Crippen LogP contribution in [0.1, 0.15) is 11.5 Å². The molecule has 1 saturated heterocycles. The minimum absolute atomic E-state index is 0.860. The maximum atomic E-state index is 5.11. The minimum Gasteiger partial charge on any atom is -0.361 e. The summed E-state index contributed by atoms with van der Waals surface area (Å²) in [6, 6.07) is 6.09. The molecule has 0 bridgehead atoms. The second-order valence-electron chi connectivity index (χ2n) is 5.03. The molecule has 0 N–H and O–H groups in total. The van der Waals surface area contributed by atoms with Gasteiger partial charge in [-0.2, -0.15) is 0 Å². The molecular weight excluding hydrogens is 320 g/mol. The second-order valence-corrected chi connectivity index (χ2v) is 5.94. The molecule has 0 aliphatic carbocycles. The summed E-state index contributed by atoms with van der Waals surface area (Å²) >= 11 is 3.41. The third kappa shape index (κ3) is 3.19. The van der Waals surface area contributed by atoms with Gasteiger partial charge in [-0.1, -0.05) is 5.16 Å². The Labute approximate surface area is 126 Å². The Balaban J connectivity index is 1.55. The van der Waals surface area contributed by atoms with Crippen LogP contribution in [0.2, 0.25) is 0 Å². The van der Waals surface area contributed by atoms with E-state index < -0.39 is 0 Å². The lowest BCUT2D eigenvalue weighted by atomic mass is 10.2. The molecular formula is C14H17BrN4O. The van der Waals surface area contributed by atoms with E-state index in [1.807, 2.05) is 25.3 Å². The first-order chi connectivity index (χ1) is 9.70. The Morgan fingerprint density at radius 3 is 2.65 bits per heavy atom. The van der Waals surface area contributed by atoms with Crippen LogP contribution in [0.3, 0.4) is 0 Å². The lowest BCUT2D eigenvalue weighted by Crippen LogP contribution is -2.46. The van der Waals surface area contributed by atoms with E-state index in [9.17, 15) is 0 Å². The highest BCUT2D eigenvalue weighted by molar-refractivity contribution is 9.10. The van der Waals surface area contributed by atoms with E-state index in [0.29, 0.717) is 0 Å². The number of rotatable bonds is 3. The largest absolute Gasteiger partial charge is 0.361 e. The van der Waals surface area contributed by atoms with Gasteiger partial charge in [0.25, 0.3) is 0 Å². The van der Waals surface area contributed by atoms with Crippen molar-refractivity contribution < 1.29 is 4.52 Å². The maximum Gasteiger partial charge on any atom is 0.133 e. The van der Waals surface area contributed by atoms with Gasteiger partial charge in [0, 0.05) is 49.5 Å². The summed E-state index contributed by atoms with van der Waals surface area (Å²) in [6.45, 7) is 6.80. The highest BCUT2D eigenvalue weighted by atomic mass is 79.9. The number of pyridine rings is 1. The first-order valence-electron chi connectivity index (χ1n) is 6.72. The van der Waals surface area contributed by atoms with E-state index in [2.05, 4.69) is 41.9 Å². The number of anilines is 1. The number of hydrogen-bond donors (Lipinski definition) is 0. The van der Waals surface area contributed by atoms with Gasteiger partial charge in [0.1, 0.15) is 11.6 Å². The van der Waals surface area contributed by atoms with E-state index in [1.165, 1.54) is 0 Å². The zero-order valence-electron chi connectivity index (χ0n) is 11.4. The van der Waals surface area contributed by atoms with E-state index in [-0.39, 0.29) is 0 Å². The number of aryl methyl sites for hydroxylation is 1. The zero-order chi connectivity index (χ0) is 13.9. The Bertz CT molecular complexity index is 561. The molecule has 3 heterocycles. The third-order valence-corrected chi connectivity index (χ3v) is 3.94. The predicted octanol–water partition coefficient (Wildman–Crippen LogP) is 2.46. The highest BCUT2D eigenvalue weighted by Gasteiger charge is 2.18. The van der Waals surface area contributed by atoms with E-state index in [1.54, 1.807) is 0 Å². The summed E-state index contributed by atoms with van der Waals surface area (Å²) in [6.07, 6.45) is 1.85. The lowest BCUT2D eigenvalue weighted by Gasteiger charge is -2.34. The fraction of sp³-hybridized carbons (Fsp3) is 0.429. The van der Waals surface area contributed by atoms with E-state index >= 15 is 0 Å². The van der Waals surface area contributed by atoms with E-state index in [4.69, 9.17) is 4.52 Å². The van der Waals surface area contributed by atoms with Gasteiger partial charge in [-0.25, -0.2) is 4.98 Å². The fourth-order valence-electron chi connectivity index (χ4n) is 2.41. The van der Waals surface area contributed by atoms with Crippen molar-refractivity contribution in [3.8, 4) is 0 Å². The maximum absolute atomic E-state index is 5.11. The number of nitrogens with zero attached hydrogens (tertiary/aromatic N) is 4. The van der Waals surface area contributed by atoms with Gasteiger partial charge in [-0.3, -0.25) is 4.90 Å². The normalized spacial score (nSPS) is 16.6. The highest BCUT2D eigenvalue weighted by Crippen LogP contribution is 2.17. The minimum atomic E-state index is 0.860. The van der Waals surface area contributed by atoms with Crippen LogP contribution in [0.4, 0.5) is 5.82 Å². The molecule has 0 unspecified atom stereocenters.